The van der Waals surface area contributed by atoms with Crippen LogP contribution in [0, 0.1) is 5.21 Å². The topological polar surface area (TPSA) is 102 Å². The van der Waals surface area contributed by atoms with Gasteiger partial charge in [0.05, 0.1) is 0 Å². The van der Waals surface area contributed by atoms with E-state index in [4.69, 9.17) is 4.74 Å². The van der Waals surface area contributed by atoms with E-state index in [1.807, 2.05) is 39.0 Å². The maximum Gasteiger partial charge on any atom is 0.407 e. The lowest BCUT2D eigenvalue weighted by atomic mass is 10.2. The smallest absolute Gasteiger partial charge is 0.407 e. The molecule has 0 radical (unpaired) electrons. The molecule has 0 aliphatic carbocycles. The molecule has 0 bridgehead atoms. The lowest BCUT2D eigenvalue weighted by Gasteiger charge is -2.30. The lowest BCUT2D eigenvalue weighted by molar-refractivity contribution is -0.816. The third-order valence-electron chi connectivity index (χ3n) is 2.93. The van der Waals surface area contributed by atoms with Crippen LogP contribution >= 0.6 is 0 Å². The molecule has 126 valence electrons. The van der Waals surface area contributed by atoms with Gasteiger partial charge in [-0.1, -0.05) is 12.1 Å². The van der Waals surface area contributed by atoms with E-state index in [1.54, 1.807) is 6.07 Å². The van der Waals surface area contributed by atoms with Crippen molar-refractivity contribution in [2.45, 2.75) is 32.8 Å². The Kier molecular flexibility index (Phi) is 5.41. The molecule has 4 N–H and O–H groups in total. The minimum atomic E-state index is -0.506. The van der Waals surface area contributed by atoms with Gasteiger partial charge in [0.25, 0.3) is 0 Å². The number of guanidine groups is 1. The molecule has 1 atom stereocenters. The Labute approximate surface area is 135 Å². The van der Waals surface area contributed by atoms with Gasteiger partial charge in [0, 0.05) is 19.2 Å². The summed E-state index contributed by atoms with van der Waals surface area (Å²) in [6.45, 7) is 6.37. The number of aliphatic imine (C=N–C) groups is 1. The first-order valence-electron chi connectivity index (χ1n) is 7.54. The van der Waals surface area contributed by atoms with Crippen molar-refractivity contribution in [2.24, 2.45) is 4.99 Å². The number of quaternary nitrogens is 1. The van der Waals surface area contributed by atoms with Crippen LogP contribution in [0.5, 0.6) is 0 Å². The molecule has 2 rings (SSSR count). The first-order chi connectivity index (χ1) is 10.8. The minimum absolute atomic E-state index is 0.176. The van der Waals surface area contributed by atoms with Crippen molar-refractivity contribution in [1.82, 2.24) is 10.7 Å². The van der Waals surface area contributed by atoms with Gasteiger partial charge in [0.1, 0.15) is 11.3 Å². The van der Waals surface area contributed by atoms with Gasteiger partial charge in [-0.05, 0) is 33.3 Å². The largest absolute Gasteiger partial charge is 0.603 e. The molecule has 0 spiro atoms. The van der Waals surface area contributed by atoms with Crippen LogP contribution in [0.15, 0.2) is 29.3 Å². The Hall–Kier alpha value is -2.32. The minimum Gasteiger partial charge on any atom is -0.603 e. The molecule has 8 heteroatoms. The van der Waals surface area contributed by atoms with Crippen molar-refractivity contribution in [3.05, 3.63) is 29.5 Å². The SMILES string of the molecule is CC(C)(C)OC(=O)NCCCN=C1Nc2ccccc2[NH+]([O-])N1. The summed E-state index contributed by atoms with van der Waals surface area (Å²) in [5.74, 6) is 0.422. The highest BCUT2D eigenvalue weighted by atomic mass is 16.6. The van der Waals surface area contributed by atoms with Crippen molar-refractivity contribution in [2.75, 3.05) is 18.4 Å². The number of ether oxygens (including phenoxy) is 1. The lowest BCUT2D eigenvalue weighted by Crippen LogP contribution is -3.11. The summed E-state index contributed by atoms with van der Waals surface area (Å²) < 4.78 is 5.13. The summed E-state index contributed by atoms with van der Waals surface area (Å²) in [5, 5.41) is 17.5. The molecule has 0 aromatic heterocycles. The van der Waals surface area contributed by atoms with Crippen LogP contribution in [0.1, 0.15) is 27.2 Å². The van der Waals surface area contributed by atoms with Gasteiger partial charge in [-0.3, -0.25) is 0 Å². The number of nitrogens with zero attached hydrogens (tertiary/aromatic N) is 1. The molecule has 1 aliphatic rings. The summed E-state index contributed by atoms with van der Waals surface area (Å²) >= 11 is 0. The predicted octanol–water partition coefficient (Wildman–Crippen LogP) is 0.902. The summed E-state index contributed by atoms with van der Waals surface area (Å²) in [5.41, 5.74) is 3.52. The monoisotopic (exact) mass is 321 g/mol. The second kappa shape index (κ2) is 7.30. The van der Waals surface area contributed by atoms with Gasteiger partial charge in [-0.2, -0.15) is 5.43 Å². The molecule has 23 heavy (non-hydrogen) atoms. The fourth-order valence-corrected chi connectivity index (χ4v) is 1.98. The van der Waals surface area contributed by atoms with Crippen molar-refractivity contribution in [3.63, 3.8) is 0 Å². The summed E-state index contributed by atoms with van der Waals surface area (Å²) in [4.78, 5) is 15.8. The molecule has 1 unspecified atom stereocenters. The zero-order chi connectivity index (χ0) is 16.9. The van der Waals surface area contributed by atoms with Crippen LogP contribution in [-0.2, 0) is 4.74 Å². The number of fused-ring (bicyclic) bond motifs is 1. The number of amides is 1. The Balaban J connectivity index is 1.74. The van der Waals surface area contributed by atoms with Gasteiger partial charge >= 0.3 is 6.09 Å². The van der Waals surface area contributed by atoms with Gasteiger partial charge < -0.3 is 20.6 Å². The van der Waals surface area contributed by atoms with Crippen molar-refractivity contribution >= 4 is 23.4 Å². The first-order valence-corrected chi connectivity index (χ1v) is 7.54. The number of alkyl carbamates (subject to hydrolysis) is 1. The number of hydrogen-bond acceptors (Lipinski definition) is 4. The van der Waals surface area contributed by atoms with Gasteiger partial charge in [-0.25, -0.2) is 15.0 Å². The van der Waals surface area contributed by atoms with E-state index >= 15 is 0 Å². The molecule has 0 saturated heterocycles. The zero-order valence-electron chi connectivity index (χ0n) is 13.6. The van der Waals surface area contributed by atoms with E-state index in [1.165, 1.54) is 0 Å². The molecule has 8 nitrogen and oxygen atoms in total. The Morgan fingerprint density at radius 3 is 2.87 bits per heavy atom. The van der Waals surface area contributed by atoms with E-state index in [0.29, 0.717) is 31.2 Å². The summed E-state index contributed by atoms with van der Waals surface area (Å²) in [6, 6.07) is 7.24. The third-order valence-corrected chi connectivity index (χ3v) is 2.93. The van der Waals surface area contributed by atoms with Crippen LogP contribution in [0.25, 0.3) is 0 Å². The molecular formula is C15H23N5O3. The highest BCUT2D eigenvalue weighted by Crippen LogP contribution is 2.17. The number of anilines is 1. The average Bonchev–Trinajstić information content (AvgIpc) is 2.45. The van der Waals surface area contributed by atoms with E-state index in [2.05, 4.69) is 21.1 Å². The quantitative estimate of drug-likeness (QED) is 0.487. The summed E-state index contributed by atoms with van der Waals surface area (Å²) in [6.07, 6.45) is 0.199. The number of carbonyl (C=O) groups excluding carboxylic acids is 1. The van der Waals surface area contributed by atoms with E-state index < -0.39 is 11.7 Å². The second-order valence-electron chi connectivity index (χ2n) is 6.14. The van der Waals surface area contributed by atoms with Gasteiger partial charge in [-0.15, -0.1) is 0 Å². The standard InChI is InChI=1S/C15H23N5O3/c1-15(2,3)23-14(21)17-10-6-9-16-13-18-11-7-4-5-8-12(11)20(22)19-13/h4-5,7-8,20H,6,9-10H2,1-3H3,(H,17,21)(H2,16,18,19). The average molecular weight is 321 g/mol. The zero-order valence-corrected chi connectivity index (χ0v) is 13.6. The van der Waals surface area contributed by atoms with Crippen LogP contribution in [0.4, 0.5) is 16.2 Å². The molecule has 1 amide bonds. The first kappa shape index (κ1) is 17.0. The normalized spacial score (nSPS) is 18.6. The fourth-order valence-electron chi connectivity index (χ4n) is 1.98. The van der Waals surface area contributed by atoms with Crippen molar-refractivity contribution < 1.29 is 14.7 Å². The molecule has 0 saturated carbocycles. The maximum absolute atomic E-state index is 11.9. The van der Waals surface area contributed by atoms with Crippen molar-refractivity contribution in [1.29, 1.82) is 0 Å². The van der Waals surface area contributed by atoms with E-state index in [-0.39, 0.29) is 5.17 Å². The van der Waals surface area contributed by atoms with Crippen molar-refractivity contribution in [3.8, 4) is 0 Å². The van der Waals surface area contributed by atoms with E-state index in [0.717, 1.165) is 5.69 Å². The maximum atomic E-state index is 11.9. The highest BCUT2D eigenvalue weighted by Gasteiger charge is 2.18. The Bertz CT molecular complexity index is 583. The number of hydrogen-bond donors (Lipinski definition) is 4. The van der Waals surface area contributed by atoms with Crippen LogP contribution < -0.4 is 21.2 Å². The van der Waals surface area contributed by atoms with Gasteiger partial charge in [0.2, 0.25) is 5.96 Å². The molecule has 0 fully saturated rings. The molecule has 1 aliphatic heterocycles. The molecule has 1 aromatic rings. The highest BCUT2D eigenvalue weighted by molar-refractivity contribution is 5.96. The number of nitrogens with one attached hydrogen (secondary N) is 4. The number of para-hydroxylation sites is 2. The number of benzene rings is 1. The molecule has 1 aromatic carbocycles. The van der Waals surface area contributed by atoms with Gasteiger partial charge in [0.15, 0.2) is 5.69 Å². The van der Waals surface area contributed by atoms with Crippen LogP contribution in [0.3, 0.4) is 0 Å². The predicted molar refractivity (Wildman–Crippen MR) is 88.3 cm³/mol. The summed E-state index contributed by atoms with van der Waals surface area (Å²) in [7, 11) is 0. The second-order valence-corrected chi connectivity index (χ2v) is 6.14. The molecule has 1 heterocycles. The fraction of sp³-hybridized carbons (Fsp3) is 0.467. The van der Waals surface area contributed by atoms with Crippen LogP contribution in [0.2, 0.25) is 0 Å². The number of rotatable bonds is 4. The molecular weight excluding hydrogens is 298 g/mol. The number of carbonyl (C=O) groups is 1. The Morgan fingerprint density at radius 2 is 2.13 bits per heavy atom. The third kappa shape index (κ3) is 5.42. The Morgan fingerprint density at radius 1 is 1.39 bits per heavy atom. The van der Waals surface area contributed by atoms with E-state index in [9.17, 15) is 10.0 Å². The van der Waals surface area contributed by atoms with Crippen LogP contribution in [-0.4, -0.2) is 30.7 Å².